The van der Waals surface area contributed by atoms with Gasteiger partial charge < -0.3 is 20.7 Å². The molecule has 0 aliphatic rings. The summed E-state index contributed by atoms with van der Waals surface area (Å²) in [5, 5.41) is 13.9. The third-order valence-corrected chi connectivity index (χ3v) is 2.34. The standard InChI is InChI=1S/C11H18N4O3/c1-8(6-10(16)17)7-15-11(18)14-3-2-9-12-4-5-13-9/h4-5,8H,2-3,6-7H2,1H3,(H,12,13)(H,16,17)(H2,14,15,18). The van der Waals surface area contributed by atoms with Crippen LogP contribution in [0.15, 0.2) is 12.4 Å². The summed E-state index contributed by atoms with van der Waals surface area (Å²) in [5.41, 5.74) is 0. The predicted octanol–water partition coefficient (Wildman–Crippen LogP) is 0.362. The molecule has 0 aliphatic heterocycles. The summed E-state index contributed by atoms with van der Waals surface area (Å²) in [6, 6.07) is -0.293. The zero-order valence-corrected chi connectivity index (χ0v) is 10.3. The maximum Gasteiger partial charge on any atom is 0.314 e. The molecule has 0 radical (unpaired) electrons. The van der Waals surface area contributed by atoms with E-state index in [1.165, 1.54) is 0 Å². The first-order valence-electron chi connectivity index (χ1n) is 5.79. The van der Waals surface area contributed by atoms with Crippen LogP contribution >= 0.6 is 0 Å². The summed E-state index contributed by atoms with van der Waals surface area (Å²) in [7, 11) is 0. The van der Waals surface area contributed by atoms with Crippen molar-refractivity contribution in [1.29, 1.82) is 0 Å². The minimum absolute atomic E-state index is 0.0483. The Hall–Kier alpha value is -2.05. The fourth-order valence-electron chi connectivity index (χ4n) is 1.43. The Balaban J connectivity index is 2.08. The summed E-state index contributed by atoms with van der Waals surface area (Å²) in [6.07, 6.45) is 4.06. The summed E-state index contributed by atoms with van der Waals surface area (Å²) < 4.78 is 0. The first-order chi connectivity index (χ1) is 8.58. The maximum absolute atomic E-state index is 11.4. The minimum Gasteiger partial charge on any atom is -0.481 e. The first kappa shape index (κ1) is 14.0. The summed E-state index contributed by atoms with van der Waals surface area (Å²) in [6.45, 7) is 2.60. The van der Waals surface area contributed by atoms with Crippen molar-refractivity contribution in [3.05, 3.63) is 18.2 Å². The number of aromatic amines is 1. The Labute approximate surface area is 105 Å². The second-order valence-electron chi connectivity index (χ2n) is 4.13. The van der Waals surface area contributed by atoms with Gasteiger partial charge in [-0.3, -0.25) is 4.79 Å². The van der Waals surface area contributed by atoms with E-state index in [1.54, 1.807) is 19.3 Å². The highest BCUT2D eigenvalue weighted by molar-refractivity contribution is 5.74. The van der Waals surface area contributed by atoms with E-state index >= 15 is 0 Å². The van der Waals surface area contributed by atoms with E-state index in [1.807, 2.05) is 0 Å². The quantitative estimate of drug-likeness (QED) is 0.563. The van der Waals surface area contributed by atoms with Crippen LogP contribution in [0.5, 0.6) is 0 Å². The molecule has 1 aromatic heterocycles. The van der Waals surface area contributed by atoms with Crippen molar-refractivity contribution >= 4 is 12.0 Å². The lowest BCUT2D eigenvalue weighted by atomic mass is 10.1. The van der Waals surface area contributed by atoms with E-state index in [2.05, 4.69) is 20.6 Å². The number of amides is 2. The van der Waals surface area contributed by atoms with Gasteiger partial charge in [0.1, 0.15) is 5.82 Å². The number of carboxylic acid groups (broad SMARTS) is 1. The molecule has 1 unspecified atom stereocenters. The number of nitrogens with one attached hydrogen (secondary N) is 3. The van der Waals surface area contributed by atoms with Gasteiger partial charge in [0, 0.05) is 38.3 Å². The fraction of sp³-hybridized carbons (Fsp3) is 0.545. The predicted molar refractivity (Wildman–Crippen MR) is 65.1 cm³/mol. The molecule has 1 aromatic rings. The Morgan fingerprint density at radius 3 is 2.89 bits per heavy atom. The van der Waals surface area contributed by atoms with Gasteiger partial charge in [-0.1, -0.05) is 6.92 Å². The topological polar surface area (TPSA) is 107 Å². The van der Waals surface area contributed by atoms with Crippen LogP contribution < -0.4 is 10.6 Å². The average molecular weight is 254 g/mol. The van der Waals surface area contributed by atoms with Crippen molar-refractivity contribution in [2.75, 3.05) is 13.1 Å². The van der Waals surface area contributed by atoms with Gasteiger partial charge in [0.05, 0.1) is 0 Å². The highest BCUT2D eigenvalue weighted by Crippen LogP contribution is 1.98. The number of hydrogen-bond donors (Lipinski definition) is 4. The lowest BCUT2D eigenvalue weighted by Gasteiger charge is -2.11. The fourth-order valence-corrected chi connectivity index (χ4v) is 1.43. The molecule has 7 nitrogen and oxygen atoms in total. The van der Waals surface area contributed by atoms with Crippen LogP contribution in [-0.2, 0) is 11.2 Å². The van der Waals surface area contributed by atoms with Gasteiger partial charge in [0.15, 0.2) is 0 Å². The van der Waals surface area contributed by atoms with E-state index in [0.29, 0.717) is 19.5 Å². The third-order valence-electron chi connectivity index (χ3n) is 2.34. The van der Waals surface area contributed by atoms with E-state index in [4.69, 9.17) is 5.11 Å². The molecule has 1 atom stereocenters. The molecule has 0 saturated carbocycles. The smallest absolute Gasteiger partial charge is 0.314 e. The molecule has 0 saturated heterocycles. The van der Waals surface area contributed by atoms with Gasteiger partial charge >= 0.3 is 12.0 Å². The Morgan fingerprint density at radius 2 is 2.28 bits per heavy atom. The molecular weight excluding hydrogens is 236 g/mol. The Morgan fingerprint density at radius 1 is 1.50 bits per heavy atom. The molecule has 100 valence electrons. The number of carbonyl (C=O) groups excluding carboxylic acids is 1. The van der Waals surface area contributed by atoms with Gasteiger partial charge in [0.25, 0.3) is 0 Å². The number of urea groups is 1. The van der Waals surface area contributed by atoms with Crippen LogP contribution in [0, 0.1) is 5.92 Å². The molecular formula is C11H18N4O3. The van der Waals surface area contributed by atoms with Crippen LogP contribution in [0.3, 0.4) is 0 Å². The Bertz CT molecular complexity index is 378. The normalized spacial score (nSPS) is 11.8. The highest BCUT2D eigenvalue weighted by Gasteiger charge is 2.08. The van der Waals surface area contributed by atoms with E-state index < -0.39 is 5.97 Å². The number of aromatic nitrogens is 2. The average Bonchev–Trinajstić information content (AvgIpc) is 2.78. The molecule has 0 aliphatic carbocycles. The zero-order valence-electron chi connectivity index (χ0n) is 10.3. The van der Waals surface area contributed by atoms with Gasteiger partial charge in [0.2, 0.25) is 0 Å². The van der Waals surface area contributed by atoms with Crippen molar-refractivity contribution < 1.29 is 14.7 Å². The van der Waals surface area contributed by atoms with Gasteiger partial charge in [-0.15, -0.1) is 0 Å². The second-order valence-corrected chi connectivity index (χ2v) is 4.13. The number of aliphatic carboxylic acids is 1. The van der Waals surface area contributed by atoms with Crippen LogP contribution in [0.25, 0.3) is 0 Å². The number of H-pyrrole nitrogens is 1. The number of imidazole rings is 1. The SMILES string of the molecule is CC(CNC(=O)NCCc1ncc[nH]1)CC(=O)O. The van der Waals surface area contributed by atoms with Crippen LogP contribution in [0.2, 0.25) is 0 Å². The van der Waals surface area contributed by atoms with Crippen molar-refractivity contribution in [3.63, 3.8) is 0 Å². The van der Waals surface area contributed by atoms with Crippen molar-refractivity contribution in [1.82, 2.24) is 20.6 Å². The number of rotatable bonds is 7. The highest BCUT2D eigenvalue weighted by atomic mass is 16.4. The van der Waals surface area contributed by atoms with E-state index in [9.17, 15) is 9.59 Å². The first-order valence-corrected chi connectivity index (χ1v) is 5.79. The lowest BCUT2D eigenvalue weighted by Crippen LogP contribution is -2.39. The number of hydrogen-bond acceptors (Lipinski definition) is 3. The Kier molecular flexibility index (Phi) is 5.69. The van der Waals surface area contributed by atoms with Crippen LogP contribution in [-0.4, -0.2) is 40.2 Å². The van der Waals surface area contributed by atoms with Gasteiger partial charge in [-0.25, -0.2) is 9.78 Å². The summed E-state index contributed by atoms with van der Waals surface area (Å²) in [4.78, 5) is 28.7. The molecule has 0 spiro atoms. The molecule has 0 aromatic carbocycles. The van der Waals surface area contributed by atoms with Crippen molar-refractivity contribution in [2.45, 2.75) is 19.8 Å². The number of nitrogens with zero attached hydrogens (tertiary/aromatic N) is 1. The van der Waals surface area contributed by atoms with E-state index in [-0.39, 0.29) is 18.4 Å². The van der Waals surface area contributed by atoms with E-state index in [0.717, 1.165) is 5.82 Å². The van der Waals surface area contributed by atoms with Gasteiger partial charge in [-0.05, 0) is 5.92 Å². The van der Waals surface area contributed by atoms with Crippen molar-refractivity contribution in [2.24, 2.45) is 5.92 Å². The van der Waals surface area contributed by atoms with Crippen LogP contribution in [0.4, 0.5) is 4.79 Å². The zero-order chi connectivity index (χ0) is 13.4. The number of carboxylic acids is 1. The lowest BCUT2D eigenvalue weighted by molar-refractivity contribution is -0.137. The third kappa shape index (κ3) is 5.88. The molecule has 4 N–H and O–H groups in total. The molecule has 2 amide bonds. The minimum atomic E-state index is -0.859. The van der Waals surface area contributed by atoms with Crippen molar-refractivity contribution in [3.8, 4) is 0 Å². The largest absolute Gasteiger partial charge is 0.481 e. The van der Waals surface area contributed by atoms with Gasteiger partial charge in [-0.2, -0.15) is 0 Å². The molecule has 1 heterocycles. The molecule has 1 rings (SSSR count). The maximum atomic E-state index is 11.4. The molecule has 18 heavy (non-hydrogen) atoms. The second kappa shape index (κ2) is 7.31. The molecule has 0 fully saturated rings. The molecule has 7 heteroatoms. The number of carbonyl (C=O) groups is 2. The molecule has 0 bridgehead atoms. The summed E-state index contributed by atoms with van der Waals surface area (Å²) >= 11 is 0. The monoisotopic (exact) mass is 254 g/mol. The summed E-state index contributed by atoms with van der Waals surface area (Å²) in [5.74, 6) is -0.129. The van der Waals surface area contributed by atoms with Crippen LogP contribution in [0.1, 0.15) is 19.2 Å².